The van der Waals surface area contributed by atoms with Crippen molar-refractivity contribution >= 4 is 16.8 Å². The van der Waals surface area contributed by atoms with Crippen LogP contribution in [0.5, 0.6) is 0 Å². The van der Waals surface area contributed by atoms with Crippen molar-refractivity contribution < 1.29 is 13.7 Å². The van der Waals surface area contributed by atoms with Crippen LogP contribution in [0.1, 0.15) is 39.0 Å². The fourth-order valence-electron chi connectivity index (χ4n) is 1.85. The van der Waals surface area contributed by atoms with E-state index < -0.39 is 10.8 Å². The second-order valence-corrected chi connectivity index (χ2v) is 5.95. The highest BCUT2D eigenvalue weighted by molar-refractivity contribution is 7.86. The minimum Gasteiger partial charge on any atom is -0.469 e. The summed E-state index contributed by atoms with van der Waals surface area (Å²) >= 11 is 0. The Morgan fingerprint density at radius 2 is 2.07 bits per heavy atom. The van der Waals surface area contributed by atoms with Gasteiger partial charge in [0, 0.05) is 21.3 Å². The zero-order chi connectivity index (χ0) is 10.6. The standard InChI is InChI=1S/C10H18O3S/c1-8(7-10(11)13-2)14(12)9-5-3-4-6-9/h8-9H,3-7H2,1-2H3. The summed E-state index contributed by atoms with van der Waals surface area (Å²) in [4.78, 5) is 11.0. The topological polar surface area (TPSA) is 43.4 Å². The van der Waals surface area contributed by atoms with E-state index in [1.54, 1.807) is 0 Å². The Bertz CT molecular complexity index is 221. The number of carbonyl (C=O) groups excluding carboxylic acids is 1. The van der Waals surface area contributed by atoms with Crippen molar-refractivity contribution in [3.63, 3.8) is 0 Å². The van der Waals surface area contributed by atoms with Gasteiger partial charge in [-0.15, -0.1) is 0 Å². The summed E-state index contributed by atoms with van der Waals surface area (Å²) in [6.07, 6.45) is 4.75. The summed E-state index contributed by atoms with van der Waals surface area (Å²) in [6, 6.07) is 0. The molecule has 0 aromatic heterocycles. The highest BCUT2D eigenvalue weighted by Gasteiger charge is 2.26. The predicted molar refractivity (Wildman–Crippen MR) is 56.5 cm³/mol. The Labute approximate surface area is 87.7 Å². The van der Waals surface area contributed by atoms with Crippen LogP contribution in [0.2, 0.25) is 0 Å². The highest BCUT2D eigenvalue weighted by Crippen LogP contribution is 2.25. The molecule has 1 saturated carbocycles. The molecule has 2 unspecified atom stereocenters. The summed E-state index contributed by atoms with van der Waals surface area (Å²) in [5, 5.41) is 0.250. The molecule has 0 aliphatic heterocycles. The molecule has 0 spiro atoms. The van der Waals surface area contributed by atoms with Crippen LogP contribution in [0, 0.1) is 0 Å². The first-order chi connectivity index (χ1) is 6.65. The number of hydrogen-bond donors (Lipinski definition) is 0. The van der Waals surface area contributed by atoms with Crippen LogP contribution in [0.4, 0.5) is 0 Å². The molecule has 1 fully saturated rings. The second-order valence-electron chi connectivity index (χ2n) is 3.83. The molecule has 0 aromatic rings. The van der Waals surface area contributed by atoms with Gasteiger partial charge in [0.1, 0.15) is 0 Å². The van der Waals surface area contributed by atoms with Gasteiger partial charge in [0.05, 0.1) is 13.5 Å². The largest absolute Gasteiger partial charge is 0.469 e. The van der Waals surface area contributed by atoms with Crippen molar-refractivity contribution in [1.29, 1.82) is 0 Å². The molecule has 3 nitrogen and oxygen atoms in total. The van der Waals surface area contributed by atoms with E-state index in [4.69, 9.17) is 0 Å². The summed E-state index contributed by atoms with van der Waals surface area (Å²) in [7, 11) is 0.505. The van der Waals surface area contributed by atoms with Crippen molar-refractivity contribution in [2.75, 3.05) is 7.11 Å². The Hall–Kier alpha value is -0.380. The van der Waals surface area contributed by atoms with E-state index in [0.29, 0.717) is 5.25 Å². The molecule has 0 heterocycles. The molecule has 1 rings (SSSR count). The monoisotopic (exact) mass is 218 g/mol. The normalized spacial score (nSPS) is 21.9. The molecular formula is C10H18O3S. The average Bonchev–Trinajstić information content (AvgIpc) is 2.69. The molecule has 4 heteroatoms. The molecule has 0 bridgehead atoms. The molecule has 2 atom stereocenters. The maximum Gasteiger partial charge on any atom is 0.306 e. The van der Waals surface area contributed by atoms with Crippen molar-refractivity contribution in [1.82, 2.24) is 0 Å². The van der Waals surface area contributed by atoms with Crippen molar-refractivity contribution in [2.45, 2.75) is 49.5 Å². The van der Waals surface area contributed by atoms with Crippen molar-refractivity contribution in [3.8, 4) is 0 Å². The van der Waals surface area contributed by atoms with E-state index in [0.717, 1.165) is 12.8 Å². The lowest BCUT2D eigenvalue weighted by molar-refractivity contribution is -0.140. The first kappa shape index (κ1) is 11.7. The molecule has 0 aromatic carbocycles. The number of hydrogen-bond acceptors (Lipinski definition) is 3. The Balaban J connectivity index is 2.39. The van der Waals surface area contributed by atoms with Crippen LogP contribution in [0.25, 0.3) is 0 Å². The SMILES string of the molecule is COC(=O)CC(C)S(=O)C1CCCC1. The fourth-order valence-corrected chi connectivity index (χ4v) is 3.60. The molecule has 0 N–H and O–H groups in total. The lowest BCUT2D eigenvalue weighted by atomic mass is 10.3. The lowest BCUT2D eigenvalue weighted by Gasteiger charge is -2.14. The van der Waals surface area contributed by atoms with Gasteiger partial charge < -0.3 is 4.74 Å². The third kappa shape index (κ3) is 3.08. The van der Waals surface area contributed by atoms with Gasteiger partial charge in [0.25, 0.3) is 0 Å². The summed E-state index contributed by atoms with van der Waals surface area (Å²) in [6.45, 7) is 1.87. The van der Waals surface area contributed by atoms with E-state index >= 15 is 0 Å². The van der Waals surface area contributed by atoms with Gasteiger partial charge in [-0.25, -0.2) is 0 Å². The van der Waals surface area contributed by atoms with Crippen LogP contribution in [-0.2, 0) is 20.3 Å². The van der Waals surface area contributed by atoms with Gasteiger partial charge in [0.2, 0.25) is 0 Å². The van der Waals surface area contributed by atoms with Crippen LogP contribution >= 0.6 is 0 Å². The molecule has 14 heavy (non-hydrogen) atoms. The minimum atomic E-state index is -0.863. The first-order valence-corrected chi connectivity index (χ1v) is 6.39. The summed E-state index contributed by atoms with van der Waals surface area (Å²) in [5.74, 6) is -0.260. The van der Waals surface area contributed by atoms with Gasteiger partial charge in [-0.05, 0) is 12.8 Å². The number of esters is 1. The van der Waals surface area contributed by atoms with E-state index in [-0.39, 0.29) is 17.6 Å². The van der Waals surface area contributed by atoms with Gasteiger partial charge in [-0.3, -0.25) is 9.00 Å². The maximum absolute atomic E-state index is 11.9. The zero-order valence-corrected chi connectivity index (χ0v) is 9.64. The Kier molecular flexibility index (Phi) is 4.58. The molecule has 0 saturated heterocycles. The van der Waals surface area contributed by atoms with E-state index in [1.807, 2.05) is 6.92 Å². The van der Waals surface area contributed by atoms with E-state index in [1.165, 1.54) is 20.0 Å². The van der Waals surface area contributed by atoms with Crippen molar-refractivity contribution in [2.24, 2.45) is 0 Å². The van der Waals surface area contributed by atoms with Gasteiger partial charge in [-0.2, -0.15) is 0 Å². The Morgan fingerprint density at radius 1 is 1.50 bits per heavy atom. The molecular weight excluding hydrogens is 200 g/mol. The quantitative estimate of drug-likeness (QED) is 0.674. The predicted octanol–water partition coefficient (Wildman–Crippen LogP) is 1.63. The van der Waals surface area contributed by atoms with Gasteiger partial charge in [-0.1, -0.05) is 19.8 Å². The Morgan fingerprint density at radius 3 is 2.57 bits per heavy atom. The maximum atomic E-state index is 11.9. The van der Waals surface area contributed by atoms with Crippen LogP contribution in [0.3, 0.4) is 0 Å². The number of carbonyl (C=O) groups is 1. The summed E-state index contributed by atoms with van der Waals surface area (Å²) < 4.78 is 16.5. The molecule has 1 aliphatic carbocycles. The zero-order valence-electron chi connectivity index (χ0n) is 8.82. The first-order valence-electron chi connectivity index (χ1n) is 5.11. The highest BCUT2D eigenvalue weighted by atomic mass is 32.2. The fraction of sp³-hybridized carbons (Fsp3) is 0.900. The van der Waals surface area contributed by atoms with Crippen molar-refractivity contribution in [3.05, 3.63) is 0 Å². The summed E-state index contributed by atoms with van der Waals surface area (Å²) in [5.41, 5.74) is 0. The smallest absolute Gasteiger partial charge is 0.306 e. The number of ether oxygens (including phenoxy) is 1. The molecule has 0 radical (unpaired) electrons. The third-order valence-electron chi connectivity index (χ3n) is 2.71. The number of methoxy groups -OCH3 is 1. The minimum absolute atomic E-state index is 0.0643. The molecule has 0 amide bonds. The molecule has 1 aliphatic rings. The lowest BCUT2D eigenvalue weighted by Crippen LogP contribution is -2.24. The van der Waals surface area contributed by atoms with Crippen LogP contribution in [0.15, 0.2) is 0 Å². The third-order valence-corrected chi connectivity index (χ3v) is 4.80. The molecule has 82 valence electrons. The van der Waals surface area contributed by atoms with Crippen LogP contribution < -0.4 is 0 Å². The van der Waals surface area contributed by atoms with Crippen LogP contribution in [-0.4, -0.2) is 27.8 Å². The van der Waals surface area contributed by atoms with Gasteiger partial charge in [0.15, 0.2) is 0 Å². The second kappa shape index (κ2) is 5.49. The average molecular weight is 218 g/mol. The van der Waals surface area contributed by atoms with Gasteiger partial charge >= 0.3 is 5.97 Å². The van der Waals surface area contributed by atoms with E-state index in [9.17, 15) is 9.00 Å². The number of rotatable bonds is 4. The van der Waals surface area contributed by atoms with E-state index in [2.05, 4.69) is 4.74 Å².